The maximum Gasteiger partial charge on any atom is 0.304 e. The molecule has 1 aliphatic heterocycles. The first-order valence-corrected chi connectivity index (χ1v) is 5.95. The zero-order valence-electron chi connectivity index (χ0n) is 10.0. The molecule has 0 aliphatic carbocycles. The SMILES string of the molecule is NCC1CCN(Cc2ccc([N+](=O)[O-])c(F)c2)C1. The Morgan fingerprint density at radius 2 is 2.33 bits per heavy atom. The number of nitro benzene ring substituents is 1. The molecule has 1 heterocycles. The van der Waals surface area contributed by atoms with Crippen LogP contribution in [0.4, 0.5) is 10.1 Å². The highest BCUT2D eigenvalue weighted by Gasteiger charge is 2.22. The Hall–Kier alpha value is -1.53. The molecule has 2 rings (SSSR count). The third-order valence-electron chi connectivity index (χ3n) is 3.32. The highest BCUT2D eigenvalue weighted by molar-refractivity contribution is 5.35. The van der Waals surface area contributed by atoms with Crippen LogP contribution in [0.1, 0.15) is 12.0 Å². The second-order valence-electron chi connectivity index (χ2n) is 4.67. The first-order valence-electron chi connectivity index (χ1n) is 5.95. The predicted octanol–water partition coefficient (Wildman–Crippen LogP) is 1.51. The number of nitrogens with two attached hydrogens (primary N) is 1. The molecule has 6 heteroatoms. The second kappa shape index (κ2) is 5.41. The first-order chi connectivity index (χ1) is 8.60. The number of nitro groups is 1. The zero-order chi connectivity index (χ0) is 13.1. The van der Waals surface area contributed by atoms with Crippen LogP contribution in [-0.2, 0) is 6.54 Å². The van der Waals surface area contributed by atoms with Crippen molar-refractivity contribution in [3.63, 3.8) is 0 Å². The van der Waals surface area contributed by atoms with E-state index in [2.05, 4.69) is 4.90 Å². The van der Waals surface area contributed by atoms with Crippen molar-refractivity contribution >= 4 is 5.69 Å². The lowest BCUT2D eigenvalue weighted by atomic mass is 10.1. The Morgan fingerprint density at radius 1 is 1.56 bits per heavy atom. The van der Waals surface area contributed by atoms with Gasteiger partial charge >= 0.3 is 5.69 Å². The lowest BCUT2D eigenvalue weighted by Gasteiger charge is -2.15. The number of hydrogen-bond donors (Lipinski definition) is 1. The lowest BCUT2D eigenvalue weighted by molar-refractivity contribution is -0.387. The van der Waals surface area contributed by atoms with Crippen LogP contribution in [-0.4, -0.2) is 29.5 Å². The highest BCUT2D eigenvalue weighted by atomic mass is 19.1. The smallest absolute Gasteiger partial charge is 0.304 e. The van der Waals surface area contributed by atoms with Gasteiger partial charge in [0.2, 0.25) is 5.82 Å². The molecule has 0 bridgehead atoms. The molecule has 2 N–H and O–H groups in total. The van der Waals surface area contributed by atoms with E-state index in [1.165, 1.54) is 12.1 Å². The molecule has 18 heavy (non-hydrogen) atoms. The van der Waals surface area contributed by atoms with Gasteiger partial charge in [0.05, 0.1) is 4.92 Å². The largest absolute Gasteiger partial charge is 0.330 e. The summed E-state index contributed by atoms with van der Waals surface area (Å²) in [4.78, 5) is 12.0. The van der Waals surface area contributed by atoms with E-state index in [0.29, 0.717) is 19.0 Å². The van der Waals surface area contributed by atoms with Crippen LogP contribution in [0.25, 0.3) is 0 Å². The third-order valence-corrected chi connectivity index (χ3v) is 3.32. The molecule has 0 spiro atoms. The van der Waals surface area contributed by atoms with E-state index in [4.69, 9.17) is 5.73 Å². The van der Waals surface area contributed by atoms with Crippen molar-refractivity contribution in [2.24, 2.45) is 11.7 Å². The first kappa shape index (κ1) is 12.9. The van der Waals surface area contributed by atoms with Crippen molar-refractivity contribution in [1.29, 1.82) is 0 Å². The average molecular weight is 253 g/mol. The minimum absolute atomic E-state index is 0.472. The van der Waals surface area contributed by atoms with Gasteiger partial charge < -0.3 is 5.73 Å². The minimum atomic E-state index is -0.771. The summed E-state index contributed by atoms with van der Waals surface area (Å²) < 4.78 is 13.4. The van der Waals surface area contributed by atoms with Crippen molar-refractivity contribution in [3.05, 3.63) is 39.7 Å². The number of nitrogens with zero attached hydrogens (tertiary/aromatic N) is 2. The normalized spacial score (nSPS) is 20.2. The van der Waals surface area contributed by atoms with Crippen LogP contribution >= 0.6 is 0 Å². The van der Waals surface area contributed by atoms with Crippen LogP contribution in [0.3, 0.4) is 0 Å². The Bertz CT molecular complexity index is 453. The highest BCUT2D eigenvalue weighted by Crippen LogP contribution is 2.21. The van der Waals surface area contributed by atoms with Gasteiger partial charge in [-0.2, -0.15) is 4.39 Å². The molecule has 5 nitrogen and oxygen atoms in total. The Morgan fingerprint density at radius 3 is 2.89 bits per heavy atom. The maximum absolute atomic E-state index is 13.4. The van der Waals surface area contributed by atoms with Gasteiger partial charge in [0.1, 0.15) is 0 Å². The Labute approximate surface area is 105 Å². The average Bonchev–Trinajstić information content (AvgIpc) is 2.76. The molecule has 1 saturated heterocycles. The summed E-state index contributed by atoms with van der Waals surface area (Å²) in [5.41, 5.74) is 5.89. The monoisotopic (exact) mass is 253 g/mol. The summed E-state index contributed by atoms with van der Waals surface area (Å²) in [7, 11) is 0. The fourth-order valence-electron chi connectivity index (χ4n) is 2.30. The Kier molecular flexibility index (Phi) is 3.88. The lowest BCUT2D eigenvalue weighted by Crippen LogP contribution is -2.22. The van der Waals surface area contributed by atoms with Crippen LogP contribution in [0.15, 0.2) is 18.2 Å². The van der Waals surface area contributed by atoms with Crippen LogP contribution in [0, 0.1) is 21.8 Å². The molecule has 1 aromatic rings. The van der Waals surface area contributed by atoms with E-state index in [0.717, 1.165) is 25.1 Å². The standard InChI is InChI=1S/C12H16FN3O2/c13-11-5-9(1-2-12(11)16(17)18)7-15-4-3-10(6-14)8-15/h1-2,5,10H,3-4,6-8,14H2. The van der Waals surface area contributed by atoms with Crippen molar-refractivity contribution in [2.45, 2.75) is 13.0 Å². The van der Waals surface area contributed by atoms with E-state index in [9.17, 15) is 14.5 Å². The van der Waals surface area contributed by atoms with Crippen LogP contribution in [0.2, 0.25) is 0 Å². The molecule has 98 valence electrons. The quantitative estimate of drug-likeness (QED) is 0.652. The van der Waals surface area contributed by atoms with Crippen LogP contribution < -0.4 is 5.73 Å². The number of benzene rings is 1. The van der Waals surface area contributed by atoms with Crippen LogP contribution in [0.5, 0.6) is 0 Å². The molecular formula is C12H16FN3O2. The van der Waals surface area contributed by atoms with Crippen molar-refractivity contribution in [3.8, 4) is 0 Å². The van der Waals surface area contributed by atoms with Crippen molar-refractivity contribution in [2.75, 3.05) is 19.6 Å². The summed E-state index contributed by atoms with van der Waals surface area (Å²) >= 11 is 0. The summed E-state index contributed by atoms with van der Waals surface area (Å²) in [6.45, 7) is 3.14. The minimum Gasteiger partial charge on any atom is -0.330 e. The van der Waals surface area contributed by atoms with E-state index >= 15 is 0 Å². The molecule has 1 aliphatic rings. The fourth-order valence-corrected chi connectivity index (χ4v) is 2.30. The van der Waals surface area contributed by atoms with Gasteiger partial charge in [-0.3, -0.25) is 15.0 Å². The molecule has 0 aromatic heterocycles. The van der Waals surface area contributed by atoms with E-state index < -0.39 is 16.4 Å². The second-order valence-corrected chi connectivity index (χ2v) is 4.67. The maximum atomic E-state index is 13.4. The van der Waals surface area contributed by atoms with Gasteiger partial charge in [-0.15, -0.1) is 0 Å². The summed E-state index contributed by atoms with van der Waals surface area (Å²) in [5, 5.41) is 10.5. The molecule has 1 aromatic carbocycles. The van der Waals surface area contributed by atoms with Gasteiger partial charge in [0.25, 0.3) is 0 Å². The third kappa shape index (κ3) is 2.83. The van der Waals surface area contributed by atoms with Gasteiger partial charge in [-0.05, 0) is 37.1 Å². The summed E-state index contributed by atoms with van der Waals surface area (Å²) in [6.07, 6.45) is 1.06. The zero-order valence-corrected chi connectivity index (χ0v) is 10.0. The molecule has 0 saturated carbocycles. The van der Waals surface area contributed by atoms with Crippen molar-refractivity contribution < 1.29 is 9.31 Å². The molecule has 1 unspecified atom stereocenters. The van der Waals surface area contributed by atoms with E-state index in [1.807, 2.05) is 0 Å². The number of hydrogen-bond acceptors (Lipinski definition) is 4. The van der Waals surface area contributed by atoms with Gasteiger partial charge in [-0.1, -0.05) is 6.07 Å². The van der Waals surface area contributed by atoms with Gasteiger partial charge in [0, 0.05) is 19.2 Å². The van der Waals surface area contributed by atoms with Gasteiger partial charge in [-0.25, -0.2) is 0 Å². The van der Waals surface area contributed by atoms with E-state index in [1.54, 1.807) is 6.07 Å². The number of rotatable bonds is 4. The number of halogens is 1. The molecular weight excluding hydrogens is 237 g/mol. The summed E-state index contributed by atoms with van der Waals surface area (Å²) in [6, 6.07) is 4.08. The Balaban J connectivity index is 2.02. The predicted molar refractivity (Wildman–Crippen MR) is 65.5 cm³/mol. The molecule has 1 fully saturated rings. The van der Waals surface area contributed by atoms with Crippen molar-refractivity contribution in [1.82, 2.24) is 4.90 Å². The van der Waals surface area contributed by atoms with E-state index in [-0.39, 0.29) is 0 Å². The fraction of sp³-hybridized carbons (Fsp3) is 0.500. The molecule has 0 amide bonds. The van der Waals surface area contributed by atoms with Gasteiger partial charge in [0.15, 0.2) is 0 Å². The summed E-state index contributed by atoms with van der Waals surface area (Å²) in [5.74, 6) is -0.264. The number of likely N-dealkylation sites (tertiary alicyclic amines) is 1. The molecule has 1 atom stereocenters. The molecule has 0 radical (unpaired) electrons. The topological polar surface area (TPSA) is 72.4 Å².